The van der Waals surface area contributed by atoms with Crippen molar-refractivity contribution in [1.82, 2.24) is 10.3 Å². The molecule has 0 aliphatic carbocycles. The highest BCUT2D eigenvalue weighted by Gasteiger charge is 2.22. The predicted molar refractivity (Wildman–Crippen MR) is 51.9 cm³/mol. The van der Waals surface area contributed by atoms with Crippen LogP contribution in [0.15, 0.2) is 29.4 Å². The summed E-state index contributed by atoms with van der Waals surface area (Å²) in [7, 11) is -0.932. The van der Waals surface area contributed by atoms with E-state index in [9.17, 15) is 4.21 Å². The molecule has 3 nitrogen and oxygen atoms in total. The zero-order valence-electron chi connectivity index (χ0n) is 7.27. The number of hydrogen-bond acceptors (Lipinski definition) is 3. The highest BCUT2D eigenvalue weighted by molar-refractivity contribution is 7.85. The smallest absolute Gasteiger partial charge is 0.127 e. The zero-order valence-corrected chi connectivity index (χ0v) is 8.09. The summed E-state index contributed by atoms with van der Waals surface area (Å²) in [5, 5.41) is 4.15. The Morgan fingerprint density at radius 1 is 1.54 bits per heavy atom. The molecule has 0 unspecified atom stereocenters. The van der Waals surface area contributed by atoms with E-state index in [2.05, 4.69) is 10.3 Å². The lowest BCUT2D eigenvalue weighted by atomic mass is 10.4. The second-order valence-corrected chi connectivity index (χ2v) is 4.76. The van der Waals surface area contributed by atoms with Crippen LogP contribution in [0.4, 0.5) is 0 Å². The summed E-state index contributed by atoms with van der Waals surface area (Å²) >= 11 is 0. The van der Waals surface area contributed by atoms with Gasteiger partial charge in [-0.05, 0) is 25.1 Å². The Labute approximate surface area is 80.0 Å². The first-order chi connectivity index (χ1) is 6.38. The summed E-state index contributed by atoms with van der Waals surface area (Å²) in [6.07, 6.45) is 2.68. The standard InChI is InChI=1S/C9H12N2OS/c12-13(8-4-6-10-7-8)9-3-1-2-5-11-9/h1-3,5,8,10H,4,6-7H2/t8-,13+/m1/s1. The molecule has 1 aromatic heterocycles. The van der Waals surface area contributed by atoms with Crippen molar-refractivity contribution in [2.75, 3.05) is 13.1 Å². The van der Waals surface area contributed by atoms with Crippen LogP contribution in [0, 0.1) is 0 Å². The van der Waals surface area contributed by atoms with Gasteiger partial charge < -0.3 is 5.32 Å². The minimum absolute atomic E-state index is 0.245. The molecule has 70 valence electrons. The van der Waals surface area contributed by atoms with Gasteiger partial charge in [0.15, 0.2) is 0 Å². The Morgan fingerprint density at radius 3 is 3.08 bits per heavy atom. The van der Waals surface area contributed by atoms with Gasteiger partial charge in [-0.1, -0.05) is 6.07 Å². The van der Waals surface area contributed by atoms with Gasteiger partial charge in [0.2, 0.25) is 0 Å². The summed E-state index contributed by atoms with van der Waals surface area (Å²) in [5.74, 6) is 0. The van der Waals surface area contributed by atoms with Crippen molar-refractivity contribution in [3.63, 3.8) is 0 Å². The minimum atomic E-state index is -0.932. The average molecular weight is 196 g/mol. The van der Waals surface area contributed by atoms with E-state index in [1.807, 2.05) is 18.2 Å². The van der Waals surface area contributed by atoms with Crippen LogP contribution in [0.5, 0.6) is 0 Å². The molecule has 1 aliphatic heterocycles. The number of nitrogens with zero attached hydrogens (tertiary/aromatic N) is 1. The van der Waals surface area contributed by atoms with Crippen LogP contribution in [-0.2, 0) is 10.8 Å². The normalized spacial score (nSPS) is 24.5. The van der Waals surface area contributed by atoms with E-state index in [1.165, 1.54) is 0 Å². The van der Waals surface area contributed by atoms with Crippen molar-refractivity contribution >= 4 is 10.8 Å². The van der Waals surface area contributed by atoms with Gasteiger partial charge in [-0.2, -0.15) is 0 Å². The third-order valence-corrected chi connectivity index (χ3v) is 3.82. The molecule has 0 amide bonds. The van der Waals surface area contributed by atoms with Gasteiger partial charge in [0.05, 0.1) is 16.0 Å². The van der Waals surface area contributed by atoms with E-state index < -0.39 is 10.8 Å². The van der Waals surface area contributed by atoms with Crippen molar-refractivity contribution in [3.8, 4) is 0 Å². The fourth-order valence-corrected chi connectivity index (χ4v) is 2.77. The maximum Gasteiger partial charge on any atom is 0.127 e. The molecule has 0 radical (unpaired) electrons. The van der Waals surface area contributed by atoms with Gasteiger partial charge in [0.1, 0.15) is 5.03 Å². The van der Waals surface area contributed by atoms with Gasteiger partial charge in [0, 0.05) is 12.7 Å². The average Bonchev–Trinajstić information content (AvgIpc) is 2.71. The van der Waals surface area contributed by atoms with Crippen molar-refractivity contribution in [2.24, 2.45) is 0 Å². The van der Waals surface area contributed by atoms with Crippen LogP contribution in [0.1, 0.15) is 6.42 Å². The maximum absolute atomic E-state index is 11.9. The van der Waals surface area contributed by atoms with E-state index in [0.29, 0.717) is 5.03 Å². The third-order valence-electron chi connectivity index (χ3n) is 2.16. The van der Waals surface area contributed by atoms with Gasteiger partial charge in [0.25, 0.3) is 0 Å². The Hall–Kier alpha value is -0.740. The first-order valence-corrected chi connectivity index (χ1v) is 5.61. The summed E-state index contributed by atoms with van der Waals surface area (Å²) in [5.41, 5.74) is 0. The van der Waals surface area contributed by atoms with Crippen LogP contribution in [0.25, 0.3) is 0 Å². The topological polar surface area (TPSA) is 42.0 Å². The molecular formula is C9H12N2OS. The number of rotatable bonds is 2. The van der Waals surface area contributed by atoms with Crippen molar-refractivity contribution in [3.05, 3.63) is 24.4 Å². The molecule has 2 heterocycles. The van der Waals surface area contributed by atoms with E-state index in [4.69, 9.17) is 0 Å². The Balaban J connectivity index is 2.13. The van der Waals surface area contributed by atoms with Crippen molar-refractivity contribution < 1.29 is 4.21 Å². The molecule has 0 spiro atoms. The molecule has 4 heteroatoms. The summed E-state index contributed by atoms with van der Waals surface area (Å²) in [6.45, 7) is 1.83. The highest BCUT2D eigenvalue weighted by Crippen LogP contribution is 2.13. The zero-order chi connectivity index (χ0) is 9.10. The number of aromatic nitrogens is 1. The van der Waals surface area contributed by atoms with Gasteiger partial charge in [-0.25, -0.2) is 4.98 Å². The Kier molecular flexibility index (Phi) is 2.71. The minimum Gasteiger partial charge on any atom is -0.315 e. The molecule has 0 saturated carbocycles. The molecule has 1 fully saturated rings. The molecule has 0 bridgehead atoms. The van der Waals surface area contributed by atoms with Gasteiger partial charge in [-0.3, -0.25) is 4.21 Å². The Bertz CT molecular complexity index is 296. The van der Waals surface area contributed by atoms with Crippen molar-refractivity contribution in [1.29, 1.82) is 0 Å². The van der Waals surface area contributed by atoms with Crippen LogP contribution < -0.4 is 5.32 Å². The monoisotopic (exact) mass is 196 g/mol. The van der Waals surface area contributed by atoms with Gasteiger partial charge >= 0.3 is 0 Å². The van der Waals surface area contributed by atoms with E-state index >= 15 is 0 Å². The number of hydrogen-bond donors (Lipinski definition) is 1. The lowest BCUT2D eigenvalue weighted by Gasteiger charge is -2.06. The SMILES string of the molecule is O=[S@](c1ccccn1)[C@@H]1CCNC1. The first-order valence-electron chi connectivity index (χ1n) is 4.40. The summed E-state index contributed by atoms with van der Waals surface area (Å²) < 4.78 is 11.9. The lowest BCUT2D eigenvalue weighted by Crippen LogP contribution is -2.19. The molecule has 1 saturated heterocycles. The summed E-state index contributed by atoms with van der Waals surface area (Å²) in [4.78, 5) is 4.10. The van der Waals surface area contributed by atoms with E-state index in [-0.39, 0.29) is 5.25 Å². The highest BCUT2D eigenvalue weighted by atomic mass is 32.2. The molecule has 1 aromatic rings. The second-order valence-electron chi connectivity index (χ2n) is 3.08. The quantitative estimate of drug-likeness (QED) is 0.751. The molecule has 13 heavy (non-hydrogen) atoms. The second kappa shape index (κ2) is 3.98. The summed E-state index contributed by atoms with van der Waals surface area (Å²) in [6, 6.07) is 5.55. The number of pyridine rings is 1. The first kappa shape index (κ1) is 8.84. The molecule has 0 aromatic carbocycles. The van der Waals surface area contributed by atoms with Gasteiger partial charge in [-0.15, -0.1) is 0 Å². The van der Waals surface area contributed by atoms with Crippen LogP contribution in [0.2, 0.25) is 0 Å². The van der Waals surface area contributed by atoms with Crippen LogP contribution in [-0.4, -0.2) is 27.5 Å². The molecule has 1 aliphatic rings. The lowest BCUT2D eigenvalue weighted by molar-refractivity contribution is 0.669. The Morgan fingerprint density at radius 2 is 2.46 bits per heavy atom. The molecule has 2 atom stereocenters. The third kappa shape index (κ3) is 1.95. The number of nitrogens with one attached hydrogen (secondary N) is 1. The van der Waals surface area contributed by atoms with Crippen LogP contribution >= 0.6 is 0 Å². The predicted octanol–water partition coefficient (Wildman–Crippen LogP) is 0.551. The van der Waals surface area contributed by atoms with E-state index in [0.717, 1.165) is 19.5 Å². The fraction of sp³-hybridized carbons (Fsp3) is 0.444. The molecule has 2 rings (SSSR count). The van der Waals surface area contributed by atoms with Crippen molar-refractivity contribution in [2.45, 2.75) is 16.7 Å². The maximum atomic E-state index is 11.9. The van der Waals surface area contributed by atoms with E-state index in [1.54, 1.807) is 6.20 Å². The largest absolute Gasteiger partial charge is 0.315 e. The van der Waals surface area contributed by atoms with Crippen LogP contribution in [0.3, 0.4) is 0 Å². The fourth-order valence-electron chi connectivity index (χ4n) is 1.45. The molecular weight excluding hydrogens is 184 g/mol. The molecule has 1 N–H and O–H groups in total.